The van der Waals surface area contributed by atoms with Gasteiger partial charge in [-0.3, -0.25) is 4.98 Å². The molecule has 0 unspecified atom stereocenters. The van der Waals surface area contributed by atoms with E-state index in [-0.39, 0.29) is 29.7 Å². The number of fused-ring (bicyclic) bond motifs is 2. The molecule has 0 aliphatic heterocycles. The second-order valence-corrected chi connectivity index (χ2v) is 6.84. The molecular formula is C24H23IN2O2. The Morgan fingerprint density at radius 3 is 2.72 bits per heavy atom. The number of aryl methyl sites for hydroxylation is 2. The topological polar surface area (TPSA) is 46.2 Å². The van der Waals surface area contributed by atoms with Crippen molar-refractivity contribution in [1.82, 2.24) is 4.98 Å². The largest absolute Gasteiger partial charge is 1.00 e. The lowest BCUT2D eigenvalue weighted by Gasteiger charge is -2.07. The van der Waals surface area contributed by atoms with Gasteiger partial charge >= 0.3 is 0 Å². The van der Waals surface area contributed by atoms with E-state index in [1.54, 1.807) is 6.20 Å². The summed E-state index contributed by atoms with van der Waals surface area (Å²) in [7, 11) is 2.04. The van der Waals surface area contributed by atoms with Crippen LogP contribution in [-0.4, -0.2) is 16.7 Å². The van der Waals surface area contributed by atoms with Gasteiger partial charge in [0.2, 0.25) is 11.2 Å². The predicted octanol–water partition coefficient (Wildman–Crippen LogP) is 1.80. The van der Waals surface area contributed by atoms with E-state index in [4.69, 9.17) is 4.74 Å². The number of rotatable bonds is 4. The summed E-state index contributed by atoms with van der Waals surface area (Å²) in [4.78, 5) is 4.34. The molecule has 2 heterocycles. The van der Waals surface area contributed by atoms with Gasteiger partial charge in [0.05, 0.1) is 12.0 Å². The minimum atomic E-state index is 0. The number of aromatic nitrogens is 2. The number of ether oxygens (including phenoxy) is 1. The standard InChI is InChI=1S/C24H22N2O2.HI/c1-4-28-20-11-12-22-17(15-20)7-9-19(26(22)3)10-8-18-14-16(2)21-6-5-13-25-23(21)24(18)27;/h5-15H,4H2,1-3H3;1H. The number of phenols is 1. The van der Waals surface area contributed by atoms with Crippen molar-refractivity contribution in [1.29, 1.82) is 0 Å². The first kappa shape index (κ1) is 21.0. The molecule has 0 atom stereocenters. The van der Waals surface area contributed by atoms with Crippen LogP contribution in [-0.2, 0) is 7.05 Å². The van der Waals surface area contributed by atoms with Crippen LogP contribution in [0.5, 0.6) is 11.5 Å². The molecule has 5 heteroatoms. The lowest BCUT2D eigenvalue weighted by atomic mass is 10.0. The van der Waals surface area contributed by atoms with Crippen LogP contribution in [0, 0.1) is 6.92 Å². The van der Waals surface area contributed by atoms with Crippen molar-refractivity contribution < 1.29 is 38.4 Å². The van der Waals surface area contributed by atoms with E-state index in [2.05, 4.69) is 33.8 Å². The number of phenolic OH excluding ortho intramolecular Hbond substituents is 1. The normalized spacial score (nSPS) is 11.1. The molecule has 0 radical (unpaired) electrons. The summed E-state index contributed by atoms with van der Waals surface area (Å²) in [5, 5.41) is 12.7. The van der Waals surface area contributed by atoms with Crippen molar-refractivity contribution >= 4 is 34.0 Å². The summed E-state index contributed by atoms with van der Waals surface area (Å²) in [6.45, 7) is 4.67. The van der Waals surface area contributed by atoms with Gasteiger partial charge in [0.15, 0.2) is 0 Å². The van der Waals surface area contributed by atoms with Crippen LogP contribution >= 0.6 is 0 Å². The molecule has 2 aromatic carbocycles. The van der Waals surface area contributed by atoms with E-state index in [0.29, 0.717) is 12.1 Å². The Bertz CT molecular complexity index is 1220. The molecule has 0 aliphatic rings. The van der Waals surface area contributed by atoms with Gasteiger partial charge in [-0.1, -0.05) is 6.07 Å². The third-order valence-corrected chi connectivity index (χ3v) is 5.03. The predicted molar refractivity (Wildman–Crippen MR) is 113 cm³/mol. The molecule has 4 rings (SSSR count). The van der Waals surface area contributed by atoms with Crippen LogP contribution in [0.4, 0.5) is 0 Å². The zero-order chi connectivity index (χ0) is 19.7. The highest BCUT2D eigenvalue weighted by Crippen LogP contribution is 2.31. The molecule has 0 saturated carbocycles. The van der Waals surface area contributed by atoms with Gasteiger partial charge in [-0.25, -0.2) is 0 Å². The summed E-state index contributed by atoms with van der Waals surface area (Å²) >= 11 is 0. The summed E-state index contributed by atoms with van der Waals surface area (Å²) in [6, 6.07) is 16.1. The highest BCUT2D eigenvalue weighted by Gasteiger charge is 2.12. The van der Waals surface area contributed by atoms with Crippen molar-refractivity contribution in [3.05, 3.63) is 71.5 Å². The molecule has 1 N–H and O–H groups in total. The zero-order valence-electron chi connectivity index (χ0n) is 16.7. The third kappa shape index (κ3) is 4.05. The van der Waals surface area contributed by atoms with E-state index in [1.165, 1.54) is 0 Å². The molecule has 0 fully saturated rings. The Balaban J connectivity index is 0.00000240. The van der Waals surface area contributed by atoms with Gasteiger partial charge in [0, 0.05) is 35.4 Å². The number of halogens is 1. The molecular weight excluding hydrogens is 475 g/mol. The number of benzene rings is 2. The highest BCUT2D eigenvalue weighted by molar-refractivity contribution is 5.92. The highest BCUT2D eigenvalue weighted by atomic mass is 127. The van der Waals surface area contributed by atoms with E-state index in [1.807, 2.05) is 57.3 Å². The third-order valence-electron chi connectivity index (χ3n) is 5.03. The monoisotopic (exact) mass is 498 g/mol. The van der Waals surface area contributed by atoms with Crippen molar-refractivity contribution in [2.45, 2.75) is 13.8 Å². The maximum Gasteiger partial charge on any atom is 0.212 e. The lowest BCUT2D eigenvalue weighted by Crippen LogP contribution is -3.00. The lowest BCUT2D eigenvalue weighted by molar-refractivity contribution is -0.646. The number of pyridine rings is 2. The summed E-state index contributed by atoms with van der Waals surface area (Å²) in [6.07, 6.45) is 5.65. The van der Waals surface area contributed by atoms with Crippen molar-refractivity contribution in [2.75, 3.05) is 6.61 Å². The number of aromatic hydroxyl groups is 1. The Morgan fingerprint density at radius 1 is 1.10 bits per heavy atom. The average molecular weight is 498 g/mol. The minimum absolute atomic E-state index is 0. The Morgan fingerprint density at radius 2 is 1.93 bits per heavy atom. The Labute approximate surface area is 187 Å². The van der Waals surface area contributed by atoms with Crippen LogP contribution in [0.15, 0.2) is 54.7 Å². The van der Waals surface area contributed by atoms with Gasteiger partial charge in [-0.15, -0.1) is 0 Å². The second kappa shape index (κ2) is 8.78. The van der Waals surface area contributed by atoms with Crippen molar-refractivity contribution in [2.24, 2.45) is 7.05 Å². The quantitative estimate of drug-likeness (QED) is 0.345. The first-order chi connectivity index (χ1) is 13.6. The molecule has 2 aromatic heterocycles. The van der Waals surface area contributed by atoms with Crippen molar-refractivity contribution in [3.8, 4) is 11.5 Å². The molecule has 4 aromatic rings. The van der Waals surface area contributed by atoms with E-state index in [0.717, 1.165) is 38.9 Å². The average Bonchev–Trinajstić information content (AvgIpc) is 2.71. The van der Waals surface area contributed by atoms with Crippen LogP contribution in [0.3, 0.4) is 0 Å². The zero-order valence-corrected chi connectivity index (χ0v) is 18.8. The van der Waals surface area contributed by atoms with Gasteiger partial charge in [-0.2, -0.15) is 4.57 Å². The van der Waals surface area contributed by atoms with E-state index in [9.17, 15) is 5.11 Å². The number of hydrogen-bond acceptors (Lipinski definition) is 3. The molecule has 0 saturated heterocycles. The number of hydrogen-bond donors (Lipinski definition) is 1. The molecule has 0 spiro atoms. The van der Waals surface area contributed by atoms with E-state index < -0.39 is 0 Å². The molecule has 0 bridgehead atoms. The fourth-order valence-corrected chi connectivity index (χ4v) is 3.55. The first-order valence-electron chi connectivity index (χ1n) is 9.39. The van der Waals surface area contributed by atoms with Gasteiger partial charge < -0.3 is 33.8 Å². The fourth-order valence-electron chi connectivity index (χ4n) is 3.55. The SMILES string of the molecule is CCOc1ccc2c(ccc(/C=C\c3cc(C)c4cccnc4c3O)[n+]2C)c1.[I-]. The molecule has 0 aliphatic carbocycles. The second-order valence-electron chi connectivity index (χ2n) is 6.84. The fraction of sp³-hybridized carbons (Fsp3) is 0.167. The minimum Gasteiger partial charge on any atom is -1.00 e. The summed E-state index contributed by atoms with van der Waals surface area (Å²) < 4.78 is 7.72. The van der Waals surface area contributed by atoms with E-state index >= 15 is 0 Å². The van der Waals surface area contributed by atoms with Gasteiger partial charge in [-0.05, 0) is 55.8 Å². The van der Waals surface area contributed by atoms with Crippen LogP contribution in [0.2, 0.25) is 0 Å². The van der Waals surface area contributed by atoms with Crippen LogP contribution < -0.4 is 33.3 Å². The smallest absolute Gasteiger partial charge is 0.212 e. The molecule has 0 amide bonds. The van der Waals surface area contributed by atoms with Gasteiger partial charge in [0.25, 0.3) is 0 Å². The molecule has 29 heavy (non-hydrogen) atoms. The maximum atomic E-state index is 10.6. The summed E-state index contributed by atoms with van der Waals surface area (Å²) in [5.41, 5.74) is 4.64. The Kier molecular flexibility index (Phi) is 6.37. The summed E-state index contributed by atoms with van der Waals surface area (Å²) in [5.74, 6) is 1.09. The van der Waals surface area contributed by atoms with Crippen LogP contribution in [0.25, 0.3) is 34.0 Å². The maximum absolute atomic E-state index is 10.6. The Hall–Kier alpha value is -2.67. The number of nitrogens with zero attached hydrogens (tertiary/aromatic N) is 2. The van der Waals surface area contributed by atoms with Gasteiger partial charge in [0.1, 0.15) is 24.1 Å². The molecule has 4 nitrogen and oxygen atoms in total. The molecule has 148 valence electrons. The van der Waals surface area contributed by atoms with Crippen molar-refractivity contribution in [3.63, 3.8) is 0 Å². The first-order valence-corrected chi connectivity index (χ1v) is 9.39. The van der Waals surface area contributed by atoms with Crippen LogP contribution in [0.1, 0.15) is 23.7 Å².